The van der Waals surface area contributed by atoms with Crippen molar-refractivity contribution in [2.24, 2.45) is 5.73 Å². The monoisotopic (exact) mass is 296 g/mol. The molecule has 2 heterocycles. The Morgan fingerprint density at radius 2 is 1.90 bits per heavy atom. The van der Waals surface area contributed by atoms with Crippen molar-refractivity contribution in [2.45, 2.75) is 19.4 Å². The maximum absolute atomic E-state index is 12.7. The number of hydrogen-bond donors (Lipinski definition) is 1. The molecular formula is C15H15F3N2O. The Kier molecular flexibility index (Phi) is 4.59. The Morgan fingerprint density at radius 1 is 1.14 bits per heavy atom. The molecule has 0 aliphatic carbocycles. The first-order valence-electron chi connectivity index (χ1n) is 6.35. The Morgan fingerprint density at radius 3 is 2.62 bits per heavy atom. The lowest BCUT2D eigenvalue weighted by Gasteiger charge is -2.10. The predicted molar refractivity (Wildman–Crippen MR) is 73.3 cm³/mol. The molecule has 0 saturated heterocycles. The first kappa shape index (κ1) is 15.5. The third-order valence-corrected chi connectivity index (χ3v) is 3.14. The molecule has 1 aliphatic heterocycles. The van der Waals surface area contributed by atoms with Crippen LogP contribution in [0.3, 0.4) is 0 Å². The number of alkyl halides is 3. The van der Waals surface area contributed by atoms with E-state index in [1.165, 1.54) is 13.2 Å². The van der Waals surface area contributed by atoms with Gasteiger partial charge in [0.15, 0.2) is 0 Å². The van der Waals surface area contributed by atoms with Gasteiger partial charge in [-0.1, -0.05) is 18.2 Å². The molecule has 21 heavy (non-hydrogen) atoms. The lowest BCUT2D eigenvalue weighted by molar-refractivity contribution is -0.141. The zero-order valence-electron chi connectivity index (χ0n) is 11.4. The van der Waals surface area contributed by atoms with Crippen molar-refractivity contribution in [3.63, 3.8) is 0 Å². The first-order valence-corrected chi connectivity index (χ1v) is 6.35. The Labute approximate surface area is 120 Å². The zero-order valence-corrected chi connectivity index (χ0v) is 11.4. The molecule has 0 radical (unpaired) electrons. The van der Waals surface area contributed by atoms with Gasteiger partial charge in [-0.2, -0.15) is 13.2 Å². The summed E-state index contributed by atoms with van der Waals surface area (Å²) in [6, 6.07) is 8.23. The van der Waals surface area contributed by atoms with E-state index < -0.39 is 11.9 Å². The van der Waals surface area contributed by atoms with Crippen LogP contribution in [0.1, 0.15) is 16.8 Å². The molecule has 0 spiro atoms. The van der Waals surface area contributed by atoms with Crippen LogP contribution < -0.4 is 5.73 Å². The molecule has 3 rings (SSSR count). The van der Waals surface area contributed by atoms with E-state index in [4.69, 9.17) is 4.74 Å². The quantitative estimate of drug-likeness (QED) is 0.877. The van der Waals surface area contributed by atoms with Crippen LogP contribution in [0.25, 0.3) is 11.1 Å². The fourth-order valence-corrected chi connectivity index (χ4v) is 2.23. The van der Waals surface area contributed by atoms with Gasteiger partial charge in [-0.3, -0.25) is 4.98 Å². The minimum atomic E-state index is -4.43. The van der Waals surface area contributed by atoms with Crippen LogP contribution in [-0.2, 0) is 24.1 Å². The van der Waals surface area contributed by atoms with Crippen molar-refractivity contribution >= 4 is 0 Å². The summed E-state index contributed by atoms with van der Waals surface area (Å²) in [5.41, 5.74) is 6.92. The van der Waals surface area contributed by atoms with E-state index in [1.54, 1.807) is 6.07 Å². The van der Waals surface area contributed by atoms with Gasteiger partial charge in [0.05, 0.1) is 13.2 Å². The molecule has 2 N–H and O–H groups in total. The molecule has 0 unspecified atom stereocenters. The molecular weight excluding hydrogens is 281 g/mol. The van der Waals surface area contributed by atoms with Crippen LogP contribution >= 0.6 is 0 Å². The van der Waals surface area contributed by atoms with Crippen LogP contribution in [0.2, 0.25) is 0 Å². The van der Waals surface area contributed by atoms with E-state index >= 15 is 0 Å². The van der Waals surface area contributed by atoms with E-state index in [0.29, 0.717) is 18.8 Å². The number of rotatable bonds is 1. The number of hydrogen-bond acceptors (Lipinski definition) is 3. The number of nitrogens with zero attached hydrogens (tertiary/aromatic N) is 1. The van der Waals surface area contributed by atoms with Gasteiger partial charge in [0.1, 0.15) is 5.69 Å². The van der Waals surface area contributed by atoms with Gasteiger partial charge in [-0.05, 0) is 41.4 Å². The second kappa shape index (κ2) is 6.24. The average Bonchev–Trinajstić information content (AvgIpc) is 2.97. The summed E-state index contributed by atoms with van der Waals surface area (Å²) < 4.78 is 43.3. The van der Waals surface area contributed by atoms with E-state index in [9.17, 15) is 13.2 Å². The van der Waals surface area contributed by atoms with Crippen LogP contribution in [0.15, 0.2) is 36.5 Å². The van der Waals surface area contributed by atoms with E-state index in [-0.39, 0.29) is 0 Å². The van der Waals surface area contributed by atoms with E-state index in [0.717, 1.165) is 22.8 Å². The highest BCUT2D eigenvalue weighted by molar-refractivity contribution is 5.69. The van der Waals surface area contributed by atoms with Crippen molar-refractivity contribution in [1.29, 1.82) is 0 Å². The van der Waals surface area contributed by atoms with Gasteiger partial charge in [-0.15, -0.1) is 0 Å². The number of pyridine rings is 1. The van der Waals surface area contributed by atoms with Gasteiger partial charge in [-0.25, -0.2) is 0 Å². The Bertz CT molecular complexity index is 627. The number of fused-ring (bicyclic) bond motifs is 1. The zero-order chi connectivity index (χ0) is 15.5. The van der Waals surface area contributed by atoms with Crippen LogP contribution in [-0.4, -0.2) is 12.0 Å². The summed E-state index contributed by atoms with van der Waals surface area (Å²) in [4.78, 5) is 3.37. The van der Waals surface area contributed by atoms with Crippen molar-refractivity contribution in [2.75, 3.05) is 7.05 Å². The summed E-state index contributed by atoms with van der Waals surface area (Å²) in [7, 11) is 1.50. The highest BCUT2D eigenvalue weighted by Gasteiger charge is 2.32. The smallest absolute Gasteiger partial charge is 0.372 e. The number of nitrogens with two attached hydrogens (primary N) is 1. The maximum atomic E-state index is 12.7. The number of aromatic nitrogens is 1. The Hall–Kier alpha value is -1.92. The molecule has 2 aromatic rings. The highest BCUT2D eigenvalue weighted by Crippen LogP contribution is 2.34. The Balaban J connectivity index is 0.000000774. The van der Waals surface area contributed by atoms with Crippen LogP contribution in [0.4, 0.5) is 13.2 Å². The lowest BCUT2D eigenvalue weighted by Crippen LogP contribution is -2.07. The van der Waals surface area contributed by atoms with E-state index in [1.807, 2.05) is 18.2 Å². The number of halogens is 3. The van der Waals surface area contributed by atoms with Crippen molar-refractivity contribution in [3.8, 4) is 11.1 Å². The second-order valence-corrected chi connectivity index (χ2v) is 4.36. The highest BCUT2D eigenvalue weighted by atomic mass is 19.4. The minimum Gasteiger partial charge on any atom is -0.372 e. The molecule has 112 valence electrons. The second-order valence-electron chi connectivity index (χ2n) is 4.36. The molecule has 0 bridgehead atoms. The summed E-state index contributed by atoms with van der Waals surface area (Å²) >= 11 is 0. The summed E-state index contributed by atoms with van der Waals surface area (Å²) in [6.07, 6.45) is -3.24. The molecule has 6 heteroatoms. The fraction of sp³-hybridized carbons (Fsp3) is 0.267. The third-order valence-electron chi connectivity index (χ3n) is 3.14. The third kappa shape index (κ3) is 3.22. The predicted octanol–water partition coefficient (Wildman–Crippen LogP) is 3.37. The normalized spacial score (nSPS) is 13.4. The number of benzene rings is 1. The molecule has 0 amide bonds. The molecule has 3 nitrogen and oxygen atoms in total. The van der Waals surface area contributed by atoms with Crippen LogP contribution in [0.5, 0.6) is 0 Å². The first-order chi connectivity index (χ1) is 10.1. The maximum Gasteiger partial charge on any atom is 0.433 e. The van der Waals surface area contributed by atoms with Gasteiger partial charge >= 0.3 is 6.18 Å². The van der Waals surface area contributed by atoms with E-state index in [2.05, 4.69) is 10.7 Å². The average molecular weight is 296 g/mol. The summed E-state index contributed by atoms with van der Waals surface area (Å²) in [5, 5.41) is 0. The molecule has 0 saturated carbocycles. The lowest BCUT2D eigenvalue weighted by atomic mass is 9.97. The fourth-order valence-electron chi connectivity index (χ4n) is 2.23. The van der Waals surface area contributed by atoms with Gasteiger partial charge in [0, 0.05) is 6.20 Å². The molecule has 1 aromatic heterocycles. The largest absolute Gasteiger partial charge is 0.433 e. The van der Waals surface area contributed by atoms with Crippen LogP contribution in [0, 0.1) is 0 Å². The standard InChI is InChI=1S/C14H10F3NO.CH5N/c15-14(16,17)13-6-9(4-5-18-13)11-3-1-2-10-7-19-8-12(10)11;1-2/h1-6H,7-8H2;2H2,1H3. The number of ether oxygens (including phenoxy) is 1. The summed E-state index contributed by atoms with van der Waals surface area (Å²) in [6.45, 7) is 0.954. The topological polar surface area (TPSA) is 48.1 Å². The minimum absolute atomic E-state index is 0.440. The van der Waals surface area contributed by atoms with Crippen molar-refractivity contribution in [1.82, 2.24) is 4.98 Å². The van der Waals surface area contributed by atoms with Crippen molar-refractivity contribution < 1.29 is 17.9 Å². The molecule has 0 atom stereocenters. The van der Waals surface area contributed by atoms with Gasteiger partial charge in [0.2, 0.25) is 0 Å². The van der Waals surface area contributed by atoms with Crippen molar-refractivity contribution in [3.05, 3.63) is 53.3 Å². The molecule has 1 aromatic carbocycles. The summed E-state index contributed by atoms with van der Waals surface area (Å²) in [5.74, 6) is 0. The molecule has 1 aliphatic rings. The SMILES string of the molecule is CN.FC(F)(F)c1cc(-c2cccc3c2COC3)ccn1. The van der Waals surface area contributed by atoms with Gasteiger partial charge < -0.3 is 10.5 Å². The van der Waals surface area contributed by atoms with Gasteiger partial charge in [0.25, 0.3) is 0 Å². The molecule has 0 fully saturated rings.